The number of amides is 1. The number of nitrogens with zero attached hydrogens (tertiary/aromatic N) is 5. The first-order valence-electron chi connectivity index (χ1n) is 11.3. The number of carbonyl (C=O) groups is 1. The van der Waals surface area contributed by atoms with Gasteiger partial charge in [-0.05, 0) is 29.8 Å². The van der Waals surface area contributed by atoms with E-state index in [0.717, 1.165) is 47.2 Å². The maximum atomic E-state index is 13.0. The van der Waals surface area contributed by atoms with Crippen molar-refractivity contribution in [3.05, 3.63) is 89.2 Å². The van der Waals surface area contributed by atoms with Gasteiger partial charge in [0.05, 0.1) is 31.1 Å². The average Bonchev–Trinajstić information content (AvgIpc) is 3.55. The Morgan fingerprint density at radius 1 is 1.00 bits per heavy atom. The van der Waals surface area contributed by atoms with Gasteiger partial charge in [-0.1, -0.05) is 30.3 Å². The molecule has 3 heterocycles. The summed E-state index contributed by atoms with van der Waals surface area (Å²) >= 11 is 1.66. The van der Waals surface area contributed by atoms with Gasteiger partial charge < -0.3 is 9.64 Å². The zero-order chi connectivity index (χ0) is 23.3. The standard InChI is InChI=1S/C26H27N5O2S/c1-33-24-9-7-21(8-10-24)25-28-23(19-34-25)18-29-11-13-30(14-12-29)26(32)22-15-27-31(17-22)16-20-5-3-2-4-6-20/h2-10,15,17,19H,11-14,16,18H2,1H3. The van der Waals surface area contributed by atoms with Crippen LogP contribution in [0, 0.1) is 0 Å². The summed E-state index contributed by atoms with van der Waals surface area (Å²) in [5.41, 5.74) is 3.97. The highest BCUT2D eigenvalue weighted by atomic mass is 32.1. The molecule has 0 radical (unpaired) electrons. The number of hydrogen-bond acceptors (Lipinski definition) is 6. The second kappa shape index (κ2) is 10.2. The molecule has 0 unspecified atom stereocenters. The SMILES string of the molecule is COc1ccc(-c2nc(CN3CCN(C(=O)c4cnn(Cc5ccccc5)c4)CC3)cs2)cc1. The van der Waals surface area contributed by atoms with Gasteiger partial charge in [0.25, 0.3) is 5.91 Å². The van der Waals surface area contributed by atoms with Crippen LogP contribution in [0.5, 0.6) is 5.75 Å². The van der Waals surface area contributed by atoms with Gasteiger partial charge in [-0.15, -0.1) is 11.3 Å². The van der Waals surface area contributed by atoms with E-state index in [2.05, 4.69) is 27.5 Å². The van der Waals surface area contributed by atoms with E-state index in [1.165, 1.54) is 0 Å². The molecule has 34 heavy (non-hydrogen) atoms. The van der Waals surface area contributed by atoms with E-state index in [0.29, 0.717) is 25.2 Å². The van der Waals surface area contributed by atoms with Crippen molar-refractivity contribution in [2.75, 3.05) is 33.3 Å². The van der Waals surface area contributed by atoms with Gasteiger partial charge in [0.15, 0.2) is 0 Å². The monoisotopic (exact) mass is 473 g/mol. The molecule has 0 bridgehead atoms. The van der Waals surface area contributed by atoms with Gasteiger partial charge in [-0.2, -0.15) is 5.10 Å². The van der Waals surface area contributed by atoms with E-state index >= 15 is 0 Å². The number of benzene rings is 2. The van der Waals surface area contributed by atoms with Crippen LogP contribution in [0.25, 0.3) is 10.6 Å². The predicted octanol–water partition coefficient (Wildman–Crippen LogP) is 4.02. The summed E-state index contributed by atoms with van der Waals surface area (Å²) in [6.07, 6.45) is 3.52. The van der Waals surface area contributed by atoms with Crippen LogP contribution in [-0.4, -0.2) is 63.8 Å². The van der Waals surface area contributed by atoms with Gasteiger partial charge in [0.2, 0.25) is 0 Å². The molecule has 5 rings (SSSR count). The summed E-state index contributed by atoms with van der Waals surface area (Å²) in [4.78, 5) is 22.1. The smallest absolute Gasteiger partial charge is 0.257 e. The fourth-order valence-electron chi connectivity index (χ4n) is 4.10. The molecule has 4 aromatic rings. The van der Waals surface area contributed by atoms with Crippen molar-refractivity contribution in [3.8, 4) is 16.3 Å². The van der Waals surface area contributed by atoms with Gasteiger partial charge in [-0.3, -0.25) is 14.4 Å². The van der Waals surface area contributed by atoms with E-state index in [-0.39, 0.29) is 5.91 Å². The first-order valence-corrected chi connectivity index (χ1v) is 12.2. The summed E-state index contributed by atoms with van der Waals surface area (Å²) in [6.45, 7) is 4.53. The molecule has 0 aliphatic carbocycles. The molecule has 1 amide bonds. The van der Waals surface area contributed by atoms with Crippen molar-refractivity contribution >= 4 is 17.2 Å². The lowest BCUT2D eigenvalue weighted by Gasteiger charge is -2.34. The molecule has 7 nitrogen and oxygen atoms in total. The van der Waals surface area contributed by atoms with E-state index in [1.807, 2.05) is 58.2 Å². The Morgan fingerprint density at radius 2 is 1.76 bits per heavy atom. The largest absolute Gasteiger partial charge is 0.497 e. The highest BCUT2D eigenvalue weighted by Gasteiger charge is 2.23. The normalized spacial score (nSPS) is 14.3. The van der Waals surface area contributed by atoms with Crippen molar-refractivity contribution < 1.29 is 9.53 Å². The number of ether oxygens (including phenoxy) is 1. The van der Waals surface area contributed by atoms with Gasteiger partial charge in [0.1, 0.15) is 10.8 Å². The minimum atomic E-state index is 0.0504. The summed E-state index contributed by atoms with van der Waals surface area (Å²) in [6, 6.07) is 18.1. The van der Waals surface area contributed by atoms with Crippen molar-refractivity contribution in [1.29, 1.82) is 0 Å². The van der Waals surface area contributed by atoms with Crippen LogP contribution in [0.1, 0.15) is 21.6 Å². The van der Waals surface area contributed by atoms with Gasteiger partial charge >= 0.3 is 0 Å². The second-order valence-electron chi connectivity index (χ2n) is 8.35. The molecule has 1 aliphatic heterocycles. The topological polar surface area (TPSA) is 63.5 Å². The Labute approximate surface area is 203 Å². The first-order chi connectivity index (χ1) is 16.7. The van der Waals surface area contributed by atoms with Crippen LogP contribution in [0.2, 0.25) is 0 Å². The molecule has 0 N–H and O–H groups in total. The molecule has 1 saturated heterocycles. The highest BCUT2D eigenvalue weighted by molar-refractivity contribution is 7.13. The number of rotatable bonds is 7. The lowest BCUT2D eigenvalue weighted by atomic mass is 10.2. The lowest BCUT2D eigenvalue weighted by Crippen LogP contribution is -2.48. The molecule has 1 aliphatic rings. The van der Waals surface area contributed by atoms with Crippen LogP contribution >= 0.6 is 11.3 Å². The molecule has 0 spiro atoms. The predicted molar refractivity (Wildman–Crippen MR) is 133 cm³/mol. The van der Waals surface area contributed by atoms with E-state index in [1.54, 1.807) is 24.6 Å². The Bertz CT molecular complexity index is 1230. The second-order valence-corrected chi connectivity index (χ2v) is 9.21. The van der Waals surface area contributed by atoms with Crippen molar-refractivity contribution in [1.82, 2.24) is 24.6 Å². The molecule has 0 atom stereocenters. The Balaban J connectivity index is 1.13. The van der Waals surface area contributed by atoms with E-state index < -0.39 is 0 Å². The maximum absolute atomic E-state index is 13.0. The molecular weight excluding hydrogens is 446 g/mol. The van der Waals surface area contributed by atoms with Crippen LogP contribution in [0.4, 0.5) is 0 Å². The van der Waals surface area contributed by atoms with Crippen LogP contribution in [0.15, 0.2) is 72.4 Å². The Hall–Kier alpha value is -3.49. The minimum absolute atomic E-state index is 0.0504. The molecule has 1 fully saturated rings. The van der Waals surface area contributed by atoms with Crippen molar-refractivity contribution in [3.63, 3.8) is 0 Å². The number of methoxy groups -OCH3 is 1. The Morgan fingerprint density at radius 3 is 2.50 bits per heavy atom. The molecule has 174 valence electrons. The number of hydrogen-bond donors (Lipinski definition) is 0. The van der Waals surface area contributed by atoms with E-state index in [4.69, 9.17) is 9.72 Å². The average molecular weight is 474 g/mol. The third-order valence-corrected chi connectivity index (χ3v) is 6.94. The highest BCUT2D eigenvalue weighted by Crippen LogP contribution is 2.26. The van der Waals surface area contributed by atoms with Crippen LogP contribution < -0.4 is 4.74 Å². The van der Waals surface area contributed by atoms with Gasteiger partial charge in [-0.25, -0.2) is 4.98 Å². The van der Waals surface area contributed by atoms with Crippen molar-refractivity contribution in [2.45, 2.75) is 13.1 Å². The maximum Gasteiger partial charge on any atom is 0.257 e. The molecule has 0 saturated carbocycles. The fourth-order valence-corrected chi connectivity index (χ4v) is 4.91. The van der Waals surface area contributed by atoms with Crippen LogP contribution in [-0.2, 0) is 13.1 Å². The summed E-state index contributed by atoms with van der Waals surface area (Å²) in [5, 5.41) is 7.52. The molecule has 2 aromatic carbocycles. The third kappa shape index (κ3) is 5.18. The van der Waals surface area contributed by atoms with Crippen LogP contribution in [0.3, 0.4) is 0 Å². The summed E-state index contributed by atoms with van der Waals surface area (Å²) in [7, 11) is 1.67. The minimum Gasteiger partial charge on any atom is -0.497 e. The summed E-state index contributed by atoms with van der Waals surface area (Å²) < 4.78 is 7.05. The molecule has 2 aromatic heterocycles. The number of carbonyl (C=O) groups excluding carboxylic acids is 1. The Kier molecular flexibility index (Phi) is 6.69. The molecule has 8 heteroatoms. The fraction of sp³-hybridized carbons (Fsp3) is 0.269. The number of aromatic nitrogens is 3. The number of piperazine rings is 1. The zero-order valence-electron chi connectivity index (χ0n) is 19.1. The first kappa shape index (κ1) is 22.3. The summed E-state index contributed by atoms with van der Waals surface area (Å²) in [5.74, 6) is 0.894. The number of thiazole rings is 1. The lowest BCUT2D eigenvalue weighted by molar-refractivity contribution is 0.0627. The zero-order valence-corrected chi connectivity index (χ0v) is 19.9. The van der Waals surface area contributed by atoms with E-state index in [9.17, 15) is 4.79 Å². The quantitative estimate of drug-likeness (QED) is 0.406. The van der Waals surface area contributed by atoms with Gasteiger partial charge in [0, 0.05) is 49.9 Å². The molecular formula is C26H27N5O2S. The third-order valence-electron chi connectivity index (χ3n) is 6.00. The van der Waals surface area contributed by atoms with Crippen molar-refractivity contribution in [2.24, 2.45) is 0 Å².